The number of hydrogen-bond donors (Lipinski definition) is 1. The monoisotopic (exact) mass is 704 g/mol. The Morgan fingerprint density at radius 3 is 2.38 bits per heavy atom. The first-order chi connectivity index (χ1) is 22.1. The van der Waals surface area contributed by atoms with Gasteiger partial charge in [-0.3, -0.25) is 4.79 Å². The lowest BCUT2D eigenvalue weighted by Gasteiger charge is -2.39. The van der Waals surface area contributed by atoms with E-state index in [2.05, 4.69) is 25.0 Å². The fraction of sp³-hybridized carbons (Fsp3) is 0.357. The molecule has 0 spiro atoms. The maximum atomic E-state index is 14.2. The van der Waals surface area contributed by atoms with Crippen LogP contribution in [0.25, 0.3) is 10.3 Å². The van der Waals surface area contributed by atoms with Crippen LogP contribution in [0, 0.1) is 5.82 Å². The number of benzene rings is 2. The van der Waals surface area contributed by atoms with Crippen molar-refractivity contribution in [2.75, 3.05) is 24.5 Å². The molecule has 1 saturated heterocycles. The molecule has 2 aromatic carbocycles. The molecule has 1 aliphatic heterocycles. The van der Waals surface area contributed by atoms with Crippen LogP contribution in [0.5, 0.6) is 5.75 Å². The van der Waals surface area contributed by atoms with E-state index in [1.807, 2.05) is 0 Å². The molecule has 1 atom stereocenters. The Morgan fingerprint density at radius 1 is 1.02 bits per heavy atom. The zero-order chi connectivity index (χ0) is 33.7. The van der Waals surface area contributed by atoms with Gasteiger partial charge in [-0.1, -0.05) is 17.4 Å². The molecule has 0 unspecified atom stereocenters. The molecule has 47 heavy (non-hydrogen) atoms. The van der Waals surface area contributed by atoms with Crippen molar-refractivity contribution in [2.45, 2.75) is 48.8 Å². The highest BCUT2D eigenvalue weighted by molar-refractivity contribution is 7.89. The number of ether oxygens (including phenoxy) is 1. The molecule has 10 nitrogen and oxygen atoms in total. The number of sulfonamides is 1. The van der Waals surface area contributed by atoms with Gasteiger partial charge in [0.05, 0.1) is 21.4 Å². The van der Waals surface area contributed by atoms with Crippen molar-refractivity contribution in [3.05, 3.63) is 71.4 Å². The summed E-state index contributed by atoms with van der Waals surface area (Å²) in [4.78, 5) is 28.2. The maximum absolute atomic E-state index is 14.2. The Kier molecular flexibility index (Phi) is 8.50. The van der Waals surface area contributed by atoms with Crippen molar-refractivity contribution in [1.82, 2.24) is 24.6 Å². The summed E-state index contributed by atoms with van der Waals surface area (Å²) < 4.78 is 124. The number of fused-ring (bicyclic) bond motifs is 1. The molecule has 2 fully saturated rings. The number of nitrogens with zero attached hydrogens (tertiary/aromatic N) is 5. The maximum Gasteiger partial charge on any atom is 0.573 e. The number of nitrogens with one attached hydrogen (secondary N) is 1. The van der Waals surface area contributed by atoms with Gasteiger partial charge in [-0.2, -0.15) is 22.5 Å². The Hall–Kier alpha value is -4.10. The largest absolute Gasteiger partial charge is 0.573 e. The third-order valence-corrected chi connectivity index (χ3v) is 10.4. The summed E-state index contributed by atoms with van der Waals surface area (Å²) in [6.45, 7) is -0.804. The van der Waals surface area contributed by atoms with E-state index < -0.39 is 63.1 Å². The number of halogens is 7. The van der Waals surface area contributed by atoms with Crippen LogP contribution in [0.1, 0.15) is 35.7 Å². The fourth-order valence-electron chi connectivity index (χ4n) is 4.97. The van der Waals surface area contributed by atoms with E-state index in [9.17, 15) is 43.9 Å². The summed E-state index contributed by atoms with van der Waals surface area (Å²) in [5, 5.41) is 2.92. The third kappa shape index (κ3) is 7.25. The summed E-state index contributed by atoms with van der Waals surface area (Å²) >= 11 is 1.23. The molecule has 1 amide bonds. The molecule has 0 radical (unpaired) electrons. The second-order valence-electron chi connectivity index (χ2n) is 10.8. The van der Waals surface area contributed by atoms with Crippen LogP contribution < -0.4 is 15.0 Å². The number of hydrogen-bond acceptors (Lipinski definition) is 9. The average Bonchev–Trinajstić information content (AvgIpc) is 3.78. The lowest BCUT2D eigenvalue weighted by Crippen LogP contribution is -2.60. The molecular formula is C28H23F7N6O4S2. The van der Waals surface area contributed by atoms with E-state index >= 15 is 0 Å². The van der Waals surface area contributed by atoms with Gasteiger partial charge in [0.15, 0.2) is 22.3 Å². The van der Waals surface area contributed by atoms with Crippen LogP contribution in [0.15, 0.2) is 53.6 Å². The van der Waals surface area contributed by atoms with Gasteiger partial charge in [0.25, 0.3) is 0 Å². The predicted molar refractivity (Wildman–Crippen MR) is 153 cm³/mol. The zero-order valence-electron chi connectivity index (χ0n) is 23.8. The minimum atomic E-state index is -5.12. The fourth-order valence-corrected chi connectivity index (χ4v) is 7.46. The quantitative estimate of drug-likeness (QED) is 0.249. The number of thiazole rings is 1. The van der Waals surface area contributed by atoms with Crippen molar-refractivity contribution >= 4 is 42.7 Å². The van der Waals surface area contributed by atoms with E-state index in [0.717, 1.165) is 47.5 Å². The molecule has 250 valence electrons. The van der Waals surface area contributed by atoms with Gasteiger partial charge >= 0.3 is 12.5 Å². The van der Waals surface area contributed by atoms with E-state index in [1.165, 1.54) is 11.3 Å². The van der Waals surface area contributed by atoms with Crippen LogP contribution in [-0.2, 0) is 27.5 Å². The standard InChI is InChI=1S/C28H23F7N6O4S2/c29-19-11-15(1-8-21(19)45-28(33,34)35)12-37-25(42)20-14-40(26-39-24-22(46-26)13-36-23(38-24)16-2-3-16)9-10-41(20)47(43,44)18-6-4-17(5-7-18)27(30,31)32/h1,4-8,11,13,16,20H,2-3,9-10,12,14H2,(H,37,42)/t20-/m1/s1. The minimum Gasteiger partial charge on any atom is -0.403 e. The highest BCUT2D eigenvalue weighted by Crippen LogP contribution is 2.39. The molecule has 1 N–H and O–H groups in total. The van der Waals surface area contributed by atoms with Gasteiger partial charge in [-0.25, -0.2) is 22.8 Å². The Bertz CT molecular complexity index is 1920. The normalized spacial score (nSPS) is 18.0. The van der Waals surface area contributed by atoms with Crippen LogP contribution in [0.3, 0.4) is 0 Å². The SMILES string of the molecule is O=C(NCc1ccc(OC(F)(F)F)c(F)c1)[C@H]1CN(c2nc3nc(C4CC4)ncc3s2)CCN1S(=O)(=O)c1ccc(C(F)(F)F)cc1. The topological polar surface area (TPSA) is 118 Å². The Labute approximate surface area is 266 Å². The molecule has 6 rings (SSSR count). The van der Waals surface area contributed by atoms with Gasteiger partial charge in [0, 0.05) is 32.1 Å². The number of amides is 1. The van der Waals surface area contributed by atoms with E-state index in [1.54, 1.807) is 11.1 Å². The molecule has 1 saturated carbocycles. The third-order valence-electron chi connectivity index (χ3n) is 7.48. The number of anilines is 1. The number of alkyl halides is 6. The number of carbonyl (C=O) groups is 1. The molecule has 3 heterocycles. The van der Waals surface area contributed by atoms with Gasteiger partial charge < -0.3 is 15.0 Å². The van der Waals surface area contributed by atoms with Crippen molar-refractivity contribution in [3.63, 3.8) is 0 Å². The van der Waals surface area contributed by atoms with E-state index in [-0.39, 0.29) is 31.1 Å². The van der Waals surface area contributed by atoms with Gasteiger partial charge in [0.1, 0.15) is 11.9 Å². The smallest absolute Gasteiger partial charge is 0.403 e. The number of carbonyl (C=O) groups excluding carboxylic acids is 1. The average molecular weight is 705 g/mol. The van der Waals surface area contributed by atoms with Crippen LogP contribution in [-0.4, -0.2) is 65.6 Å². The van der Waals surface area contributed by atoms with Crippen molar-refractivity contribution < 1.29 is 48.7 Å². The summed E-state index contributed by atoms with van der Waals surface area (Å²) in [5.74, 6) is -2.31. The minimum absolute atomic E-state index is 0.0476. The predicted octanol–water partition coefficient (Wildman–Crippen LogP) is 5.22. The van der Waals surface area contributed by atoms with Gasteiger partial charge in [-0.15, -0.1) is 13.2 Å². The molecule has 0 bridgehead atoms. The Balaban J connectivity index is 1.25. The number of piperazine rings is 1. The second kappa shape index (κ2) is 12.2. The molecule has 2 aliphatic rings. The van der Waals surface area contributed by atoms with Gasteiger partial charge in [0.2, 0.25) is 15.9 Å². The number of rotatable bonds is 8. The molecule has 4 aromatic rings. The molecule has 1 aliphatic carbocycles. The highest BCUT2D eigenvalue weighted by Gasteiger charge is 2.41. The molecular weight excluding hydrogens is 681 g/mol. The first-order valence-corrected chi connectivity index (χ1v) is 16.2. The van der Waals surface area contributed by atoms with Crippen molar-refractivity contribution in [1.29, 1.82) is 0 Å². The summed E-state index contributed by atoms with van der Waals surface area (Å²) in [5.41, 5.74) is -0.563. The van der Waals surface area contributed by atoms with E-state index in [4.69, 9.17) is 0 Å². The lowest BCUT2D eigenvalue weighted by atomic mass is 10.1. The molecule has 19 heteroatoms. The molecule has 2 aromatic heterocycles. The first-order valence-electron chi connectivity index (χ1n) is 14.0. The van der Waals surface area contributed by atoms with Crippen LogP contribution in [0.4, 0.5) is 35.9 Å². The lowest BCUT2D eigenvalue weighted by molar-refractivity contribution is -0.275. The number of aromatic nitrogens is 3. The zero-order valence-corrected chi connectivity index (χ0v) is 25.5. The van der Waals surface area contributed by atoms with Gasteiger partial charge in [-0.05, 0) is 54.8 Å². The van der Waals surface area contributed by atoms with E-state index in [0.29, 0.717) is 33.4 Å². The summed E-state index contributed by atoms with van der Waals surface area (Å²) in [6.07, 6.45) is -6.22. The highest BCUT2D eigenvalue weighted by atomic mass is 32.2. The van der Waals surface area contributed by atoms with Crippen LogP contribution >= 0.6 is 11.3 Å². The van der Waals surface area contributed by atoms with Crippen LogP contribution in [0.2, 0.25) is 0 Å². The van der Waals surface area contributed by atoms with Crippen molar-refractivity contribution in [2.24, 2.45) is 0 Å². The van der Waals surface area contributed by atoms with Crippen molar-refractivity contribution in [3.8, 4) is 5.75 Å². The second-order valence-corrected chi connectivity index (χ2v) is 13.7. The first kappa shape index (κ1) is 32.8. The summed E-state index contributed by atoms with van der Waals surface area (Å²) in [7, 11) is -4.51. The Morgan fingerprint density at radius 2 is 1.74 bits per heavy atom. The summed E-state index contributed by atoms with van der Waals surface area (Å²) in [6, 6.07) is 3.96.